The molecule has 9 heteroatoms. The van der Waals surface area contributed by atoms with Gasteiger partial charge in [-0.3, -0.25) is 9.47 Å². The van der Waals surface area contributed by atoms with Crippen molar-refractivity contribution in [3.8, 4) is 5.69 Å². The summed E-state index contributed by atoms with van der Waals surface area (Å²) in [6.45, 7) is 10.9. The molecule has 0 aliphatic carbocycles. The molecule has 1 fully saturated rings. The van der Waals surface area contributed by atoms with Gasteiger partial charge in [-0.15, -0.1) is 0 Å². The average molecular weight is 446 g/mol. The van der Waals surface area contributed by atoms with Gasteiger partial charge >= 0.3 is 12.0 Å². The third-order valence-electron chi connectivity index (χ3n) is 5.32. The summed E-state index contributed by atoms with van der Waals surface area (Å²) in [7, 11) is 0. The topological polar surface area (TPSA) is 79.7 Å². The number of amides is 2. The van der Waals surface area contributed by atoms with Gasteiger partial charge in [-0.25, -0.2) is 14.6 Å². The number of anilines is 1. The standard InChI is InChI=1S/C22H28ClN5O3/c1-13-9-26(10-14(2)25-13)21(30)27-11-17-18(20(29)31-22(3,4)5)24-12-28(17)16-8-6-7-15(23)19(16)27/h6-8,12-14,25H,9-11H2,1-5H3/t13-,14+. The first kappa shape index (κ1) is 21.6. The van der Waals surface area contributed by atoms with E-state index < -0.39 is 11.6 Å². The lowest BCUT2D eigenvalue weighted by Crippen LogP contribution is -2.58. The minimum Gasteiger partial charge on any atom is -0.455 e. The molecule has 31 heavy (non-hydrogen) atoms. The molecule has 2 atom stereocenters. The smallest absolute Gasteiger partial charge is 0.359 e. The quantitative estimate of drug-likeness (QED) is 0.678. The van der Waals surface area contributed by atoms with Crippen LogP contribution in [-0.4, -0.2) is 57.2 Å². The van der Waals surface area contributed by atoms with Crippen LogP contribution in [0.2, 0.25) is 5.02 Å². The lowest BCUT2D eigenvalue weighted by Gasteiger charge is -2.40. The van der Waals surface area contributed by atoms with Gasteiger partial charge in [0.05, 0.1) is 28.6 Å². The van der Waals surface area contributed by atoms with Crippen molar-refractivity contribution >= 4 is 29.3 Å². The Balaban J connectivity index is 1.75. The molecule has 1 N–H and O–H groups in total. The fraction of sp³-hybridized carbons (Fsp3) is 0.500. The Hall–Kier alpha value is -2.58. The van der Waals surface area contributed by atoms with Crippen LogP contribution >= 0.6 is 11.6 Å². The van der Waals surface area contributed by atoms with Gasteiger partial charge in [-0.2, -0.15) is 0 Å². The number of rotatable bonds is 1. The van der Waals surface area contributed by atoms with Gasteiger partial charge in [0.2, 0.25) is 0 Å². The molecule has 8 nitrogen and oxygen atoms in total. The summed E-state index contributed by atoms with van der Waals surface area (Å²) in [6, 6.07) is 5.68. The Morgan fingerprint density at radius 1 is 1.19 bits per heavy atom. The molecule has 2 aliphatic rings. The zero-order valence-electron chi connectivity index (χ0n) is 18.5. The number of fused-ring (bicyclic) bond motifs is 3. The summed E-state index contributed by atoms with van der Waals surface area (Å²) in [4.78, 5) is 34.2. The molecule has 1 aromatic heterocycles. The van der Waals surface area contributed by atoms with E-state index in [-0.39, 0.29) is 30.4 Å². The van der Waals surface area contributed by atoms with Crippen molar-refractivity contribution in [2.24, 2.45) is 0 Å². The molecule has 2 aromatic rings. The van der Waals surface area contributed by atoms with E-state index in [2.05, 4.69) is 24.1 Å². The number of piperazine rings is 1. The fourth-order valence-corrected chi connectivity index (χ4v) is 4.51. The number of para-hydroxylation sites is 1. The average Bonchev–Trinajstić information content (AvgIpc) is 3.09. The predicted molar refractivity (Wildman–Crippen MR) is 119 cm³/mol. The maximum Gasteiger partial charge on any atom is 0.359 e. The van der Waals surface area contributed by atoms with Crippen molar-refractivity contribution in [3.05, 3.63) is 40.9 Å². The highest BCUT2D eigenvalue weighted by Gasteiger charge is 2.37. The van der Waals surface area contributed by atoms with E-state index in [1.807, 2.05) is 42.4 Å². The number of hydrogen-bond acceptors (Lipinski definition) is 5. The van der Waals surface area contributed by atoms with Crippen LogP contribution in [0.4, 0.5) is 10.5 Å². The largest absolute Gasteiger partial charge is 0.455 e. The Morgan fingerprint density at radius 2 is 1.87 bits per heavy atom. The lowest BCUT2D eigenvalue weighted by atomic mass is 10.1. The summed E-state index contributed by atoms with van der Waals surface area (Å²) in [6.07, 6.45) is 1.58. The maximum atomic E-state index is 13.6. The van der Waals surface area contributed by atoms with E-state index in [1.165, 1.54) is 0 Å². The van der Waals surface area contributed by atoms with E-state index >= 15 is 0 Å². The van der Waals surface area contributed by atoms with Gasteiger partial charge in [-0.05, 0) is 46.8 Å². The highest BCUT2D eigenvalue weighted by Crippen LogP contribution is 2.39. The first-order valence-electron chi connectivity index (χ1n) is 10.5. The molecule has 166 valence electrons. The molecule has 0 bridgehead atoms. The molecule has 2 amide bonds. The molecule has 4 rings (SSSR count). The zero-order chi connectivity index (χ0) is 22.5. The number of ether oxygens (including phenoxy) is 1. The Kier molecular flexibility index (Phi) is 5.47. The Bertz CT molecular complexity index is 1020. The van der Waals surface area contributed by atoms with Crippen LogP contribution in [0.25, 0.3) is 5.69 Å². The van der Waals surface area contributed by atoms with Gasteiger partial charge in [0.1, 0.15) is 11.9 Å². The first-order chi connectivity index (χ1) is 14.5. The number of aromatic nitrogens is 2. The number of halogens is 1. The van der Waals surface area contributed by atoms with E-state index in [9.17, 15) is 9.59 Å². The summed E-state index contributed by atoms with van der Waals surface area (Å²) in [5.41, 5.74) is 1.50. The summed E-state index contributed by atoms with van der Waals surface area (Å²) >= 11 is 6.55. The first-order valence-corrected chi connectivity index (χ1v) is 10.8. The van der Waals surface area contributed by atoms with Crippen LogP contribution in [0.15, 0.2) is 24.5 Å². The number of nitrogens with one attached hydrogen (secondary N) is 1. The zero-order valence-corrected chi connectivity index (χ0v) is 19.2. The van der Waals surface area contributed by atoms with Gasteiger partial charge in [0.25, 0.3) is 0 Å². The van der Waals surface area contributed by atoms with Gasteiger partial charge in [0.15, 0.2) is 5.69 Å². The molecule has 1 saturated heterocycles. The minimum atomic E-state index is -0.647. The third-order valence-corrected chi connectivity index (χ3v) is 5.63. The number of benzene rings is 1. The SMILES string of the molecule is C[C@@H]1CN(C(=O)N2Cc3c(C(=O)OC(C)(C)C)ncn3-c3cccc(Cl)c32)C[C@H](C)N1. The highest BCUT2D eigenvalue weighted by atomic mass is 35.5. The number of nitrogens with zero attached hydrogens (tertiary/aromatic N) is 4. The molecule has 0 radical (unpaired) electrons. The third kappa shape index (κ3) is 4.14. The monoisotopic (exact) mass is 445 g/mol. The highest BCUT2D eigenvalue weighted by molar-refractivity contribution is 6.34. The fourth-order valence-electron chi connectivity index (χ4n) is 4.24. The normalized spacial score (nSPS) is 20.8. The van der Waals surface area contributed by atoms with Crippen molar-refractivity contribution in [2.75, 3.05) is 18.0 Å². The lowest BCUT2D eigenvalue weighted by molar-refractivity contribution is 0.00619. The van der Waals surface area contributed by atoms with Gasteiger partial charge in [0, 0.05) is 25.2 Å². The Morgan fingerprint density at radius 3 is 2.52 bits per heavy atom. The second kappa shape index (κ2) is 7.84. The van der Waals surface area contributed by atoms with Crippen molar-refractivity contribution < 1.29 is 14.3 Å². The minimum absolute atomic E-state index is 0.142. The van der Waals surface area contributed by atoms with E-state index in [0.717, 1.165) is 0 Å². The van der Waals surface area contributed by atoms with Crippen LogP contribution in [-0.2, 0) is 11.3 Å². The molecule has 1 aromatic carbocycles. The predicted octanol–water partition coefficient (Wildman–Crippen LogP) is 3.60. The van der Waals surface area contributed by atoms with Crippen molar-refractivity contribution in [3.63, 3.8) is 0 Å². The van der Waals surface area contributed by atoms with Crippen LogP contribution in [0.5, 0.6) is 0 Å². The number of hydrogen-bond donors (Lipinski definition) is 1. The number of urea groups is 1. The van der Waals surface area contributed by atoms with Crippen molar-refractivity contribution in [1.29, 1.82) is 0 Å². The number of esters is 1. The summed E-state index contributed by atoms with van der Waals surface area (Å²) in [5.74, 6) is -0.511. The van der Waals surface area contributed by atoms with Crippen molar-refractivity contribution in [1.82, 2.24) is 19.8 Å². The number of carbonyl (C=O) groups excluding carboxylic acids is 2. The number of imidazole rings is 1. The second-order valence-corrected chi connectivity index (χ2v) is 9.67. The molecule has 0 spiro atoms. The molecule has 0 saturated carbocycles. The van der Waals surface area contributed by atoms with Gasteiger partial charge in [-0.1, -0.05) is 17.7 Å². The molecular weight excluding hydrogens is 418 g/mol. The van der Waals surface area contributed by atoms with Crippen LogP contribution in [0.3, 0.4) is 0 Å². The van der Waals surface area contributed by atoms with Crippen LogP contribution < -0.4 is 10.2 Å². The molecule has 2 aliphatic heterocycles. The van der Waals surface area contributed by atoms with Gasteiger partial charge < -0.3 is 15.0 Å². The molecule has 3 heterocycles. The summed E-state index contributed by atoms with van der Waals surface area (Å²) < 4.78 is 7.35. The number of carbonyl (C=O) groups is 2. The van der Waals surface area contributed by atoms with Crippen molar-refractivity contribution in [2.45, 2.75) is 58.8 Å². The van der Waals surface area contributed by atoms with Crippen LogP contribution in [0, 0.1) is 0 Å². The Labute approximate surface area is 187 Å². The molecular formula is C22H28ClN5O3. The molecule has 0 unspecified atom stereocenters. The van der Waals surface area contributed by atoms with E-state index in [0.29, 0.717) is 35.2 Å². The second-order valence-electron chi connectivity index (χ2n) is 9.26. The van der Waals surface area contributed by atoms with E-state index in [1.54, 1.807) is 17.3 Å². The van der Waals surface area contributed by atoms with Crippen LogP contribution in [0.1, 0.15) is 50.8 Å². The van der Waals surface area contributed by atoms with E-state index in [4.69, 9.17) is 16.3 Å². The summed E-state index contributed by atoms with van der Waals surface area (Å²) in [5, 5.41) is 3.91. The maximum absolute atomic E-state index is 13.6.